The van der Waals surface area contributed by atoms with Crippen molar-refractivity contribution in [3.63, 3.8) is 0 Å². The molecule has 1 fully saturated rings. The summed E-state index contributed by atoms with van der Waals surface area (Å²) in [5.74, 6) is 1.66. The third-order valence-corrected chi connectivity index (χ3v) is 5.93. The number of carbonyl (C=O) groups excluding carboxylic acids is 1. The largest absolute Gasteiger partial charge is 0.341 e. The number of hydrogen-bond donors (Lipinski definition) is 0. The summed E-state index contributed by atoms with van der Waals surface area (Å²) in [6.45, 7) is 3.85. The molecule has 2 aromatic carbocycles. The molecule has 0 aliphatic carbocycles. The maximum Gasteiger partial charge on any atom is 0.242 e. The fourth-order valence-electron chi connectivity index (χ4n) is 4.12. The van der Waals surface area contributed by atoms with Gasteiger partial charge in [-0.25, -0.2) is 0 Å². The zero-order chi connectivity index (χ0) is 20.5. The molecule has 0 radical (unpaired) electrons. The van der Waals surface area contributed by atoms with Crippen LogP contribution < -0.4 is 0 Å². The molecule has 30 heavy (non-hydrogen) atoms. The topological polar surface area (TPSA) is 64.2 Å². The van der Waals surface area contributed by atoms with Crippen LogP contribution in [0.1, 0.15) is 30.2 Å². The summed E-state index contributed by atoms with van der Waals surface area (Å²) >= 11 is 0. The van der Waals surface area contributed by atoms with E-state index in [1.54, 1.807) is 0 Å². The lowest BCUT2D eigenvalue weighted by Gasteiger charge is -2.30. The van der Waals surface area contributed by atoms with E-state index in [0.29, 0.717) is 31.3 Å². The first-order valence-corrected chi connectivity index (χ1v) is 10.4. The summed E-state index contributed by atoms with van der Waals surface area (Å²) in [5, 5.41) is 5.31. The number of aromatic nitrogens is 3. The van der Waals surface area contributed by atoms with Crippen LogP contribution in [-0.4, -0.2) is 38.6 Å². The van der Waals surface area contributed by atoms with Gasteiger partial charge in [-0.05, 0) is 37.3 Å². The number of rotatable bonds is 4. The van der Waals surface area contributed by atoms with Gasteiger partial charge in [0, 0.05) is 36.3 Å². The molecule has 6 heteroatoms. The average molecular weight is 400 g/mol. The van der Waals surface area contributed by atoms with E-state index in [4.69, 9.17) is 4.52 Å². The van der Waals surface area contributed by atoms with E-state index in [9.17, 15) is 4.79 Å². The molecule has 3 heterocycles. The third-order valence-electron chi connectivity index (χ3n) is 5.93. The molecule has 1 aliphatic rings. The lowest BCUT2D eigenvalue weighted by atomic mass is 9.96. The van der Waals surface area contributed by atoms with Gasteiger partial charge in [0.05, 0.1) is 0 Å². The molecule has 1 saturated heterocycles. The van der Waals surface area contributed by atoms with Gasteiger partial charge in [-0.2, -0.15) is 4.98 Å². The molecule has 0 saturated carbocycles. The lowest BCUT2D eigenvalue weighted by molar-refractivity contribution is -0.132. The molecule has 5 rings (SSSR count). The third kappa shape index (κ3) is 3.61. The Morgan fingerprint density at radius 1 is 1.07 bits per heavy atom. The first kappa shape index (κ1) is 18.6. The molecule has 1 amide bonds. The van der Waals surface area contributed by atoms with Gasteiger partial charge in [0.1, 0.15) is 6.54 Å². The van der Waals surface area contributed by atoms with Crippen LogP contribution >= 0.6 is 0 Å². The molecule has 0 N–H and O–H groups in total. The minimum atomic E-state index is 0.153. The molecule has 4 aromatic rings. The van der Waals surface area contributed by atoms with Gasteiger partial charge < -0.3 is 14.0 Å². The number of carbonyl (C=O) groups is 1. The normalized spacial score (nSPS) is 15.0. The quantitative estimate of drug-likeness (QED) is 0.509. The predicted octanol–water partition coefficient (Wildman–Crippen LogP) is 4.41. The summed E-state index contributed by atoms with van der Waals surface area (Å²) in [4.78, 5) is 19.4. The van der Waals surface area contributed by atoms with Gasteiger partial charge in [-0.15, -0.1) is 0 Å². The molecular weight excluding hydrogens is 376 g/mol. The Labute approximate surface area is 175 Å². The number of hydrogen-bond acceptors (Lipinski definition) is 4. The predicted molar refractivity (Wildman–Crippen MR) is 115 cm³/mol. The number of nitrogens with zero attached hydrogens (tertiary/aromatic N) is 4. The van der Waals surface area contributed by atoms with E-state index in [1.165, 1.54) is 5.56 Å². The summed E-state index contributed by atoms with van der Waals surface area (Å²) in [6.07, 6.45) is 3.67. The van der Waals surface area contributed by atoms with Crippen LogP contribution in [0.25, 0.3) is 22.3 Å². The van der Waals surface area contributed by atoms with Crippen molar-refractivity contribution in [2.75, 3.05) is 13.1 Å². The second-order valence-corrected chi connectivity index (χ2v) is 7.98. The zero-order valence-electron chi connectivity index (χ0n) is 17.0. The van der Waals surface area contributed by atoms with E-state index >= 15 is 0 Å². The van der Waals surface area contributed by atoms with Crippen molar-refractivity contribution in [2.24, 2.45) is 0 Å². The highest BCUT2D eigenvalue weighted by Gasteiger charge is 2.27. The van der Waals surface area contributed by atoms with E-state index in [1.807, 2.05) is 52.1 Å². The van der Waals surface area contributed by atoms with Crippen LogP contribution in [0.2, 0.25) is 0 Å². The molecule has 0 bridgehead atoms. The van der Waals surface area contributed by atoms with Crippen molar-refractivity contribution in [1.29, 1.82) is 0 Å². The van der Waals surface area contributed by atoms with Gasteiger partial charge >= 0.3 is 0 Å². The Bertz CT molecular complexity index is 1170. The summed E-state index contributed by atoms with van der Waals surface area (Å²) in [5.41, 5.74) is 3.25. The molecule has 6 nitrogen and oxygen atoms in total. The van der Waals surface area contributed by atoms with Crippen LogP contribution in [0.3, 0.4) is 0 Å². The fourth-order valence-corrected chi connectivity index (χ4v) is 4.12. The smallest absolute Gasteiger partial charge is 0.242 e. The Balaban J connectivity index is 1.21. The first-order valence-electron chi connectivity index (χ1n) is 10.4. The van der Waals surface area contributed by atoms with Crippen molar-refractivity contribution < 1.29 is 9.32 Å². The molecule has 0 spiro atoms. The number of benzene rings is 2. The highest BCUT2D eigenvalue weighted by Crippen LogP contribution is 2.29. The molecule has 0 unspecified atom stereocenters. The Kier molecular flexibility index (Phi) is 4.83. The number of amides is 1. The maximum absolute atomic E-state index is 12.8. The molecule has 1 aliphatic heterocycles. The molecule has 0 atom stereocenters. The summed E-state index contributed by atoms with van der Waals surface area (Å²) in [6, 6.07) is 18.3. The molecular formula is C24H24N4O2. The van der Waals surface area contributed by atoms with Crippen molar-refractivity contribution in [1.82, 2.24) is 19.6 Å². The molecule has 152 valence electrons. The van der Waals surface area contributed by atoms with Gasteiger partial charge in [-0.3, -0.25) is 4.79 Å². The SMILES string of the molecule is Cc1ccc(-c2noc(C3CCN(C(=O)Cn4ccc5ccccc54)CC3)n2)cc1. The minimum absolute atomic E-state index is 0.153. The van der Waals surface area contributed by atoms with Gasteiger partial charge in [0.15, 0.2) is 0 Å². The standard InChI is InChI=1S/C24H24N4O2/c1-17-6-8-19(9-7-17)23-25-24(30-26-23)20-11-13-27(14-12-20)22(29)16-28-15-10-18-4-2-3-5-21(18)28/h2-10,15,20H,11-14,16H2,1H3. The van der Waals surface area contributed by atoms with Crippen LogP contribution in [0, 0.1) is 6.92 Å². The van der Waals surface area contributed by atoms with Crippen molar-refractivity contribution >= 4 is 16.8 Å². The number of para-hydroxylation sites is 1. The Morgan fingerprint density at radius 2 is 1.83 bits per heavy atom. The Morgan fingerprint density at radius 3 is 2.63 bits per heavy atom. The van der Waals surface area contributed by atoms with Crippen LogP contribution in [-0.2, 0) is 11.3 Å². The number of piperidine rings is 1. The first-order chi connectivity index (χ1) is 14.7. The molecule has 2 aromatic heterocycles. The van der Waals surface area contributed by atoms with Crippen LogP contribution in [0.15, 0.2) is 65.3 Å². The highest BCUT2D eigenvalue weighted by atomic mass is 16.5. The lowest BCUT2D eigenvalue weighted by Crippen LogP contribution is -2.39. The van der Waals surface area contributed by atoms with E-state index in [0.717, 1.165) is 29.3 Å². The van der Waals surface area contributed by atoms with Crippen LogP contribution in [0.5, 0.6) is 0 Å². The summed E-state index contributed by atoms with van der Waals surface area (Å²) < 4.78 is 7.57. The van der Waals surface area contributed by atoms with Crippen molar-refractivity contribution in [3.8, 4) is 11.4 Å². The maximum atomic E-state index is 12.8. The monoisotopic (exact) mass is 400 g/mol. The van der Waals surface area contributed by atoms with Gasteiger partial charge in [0.2, 0.25) is 17.6 Å². The second-order valence-electron chi connectivity index (χ2n) is 7.98. The number of aryl methyl sites for hydroxylation is 1. The number of likely N-dealkylation sites (tertiary alicyclic amines) is 1. The van der Waals surface area contributed by atoms with Crippen molar-refractivity contribution in [3.05, 3.63) is 72.2 Å². The fraction of sp³-hybridized carbons (Fsp3) is 0.292. The van der Waals surface area contributed by atoms with Crippen LogP contribution in [0.4, 0.5) is 0 Å². The van der Waals surface area contributed by atoms with Gasteiger partial charge in [0.25, 0.3) is 0 Å². The van der Waals surface area contributed by atoms with Crippen molar-refractivity contribution in [2.45, 2.75) is 32.2 Å². The second kappa shape index (κ2) is 7.78. The van der Waals surface area contributed by atoms with E-state index in [2.05, 4.69) is 35.3 Å². The zero-order valence-corrected chi connectivity index (χ0v) is 17.0. The average Bonchev–Trinajstić information content (AvgIpc) is 3.42. The summed E-state index contributed by atoms with van der Waals surface area (Å²) in [7, 11) is 0. The number of fused-ring (bicyclic) bond motifs is 1. The van der Waals surface area contributed by atoms with Gasteiger partial charge in [-0.1, -0.05) is 53.2 Å². The van der Waals surface area contributed by atoms with E-state index < -0.39 is 0 Å². The Hall–Kier alpha value is -3.41. The minimum Gasteiger partial charge on any atom is -0.341 e. The highest BCUT2D eigenvalue weighted by molar-refractivity contribution is 5.83. The van der Waals surface area contributed by atoms with E-state index in [-0.39, 0.29) is 11.8 Å².